The van der Waals surface area contributed by atoms with Gasteiger partial charge in [-0.1, -0.05) is 48.0 Å². The van der Waals surface area contributed by atoms with Crippen LogP contribution in [0.3, 0.4) is 0 Å². The van der Waals surface area contributed by atoms with Crippen LogP contribution in [-0.4, -0.2) is 35.1 Å². The number of amides is 1. The zero-order valence-electron chi connectivity index (χ0n) is 13.7. The summed E-state index contributed by atoms with van der Waals surface area (Å²) in [4.78, 5) is 14.1. The molecule has 128 valence electrons. The molecule has 0 radical (unpaired) electrons. The molecule has 1 amide bonds. The smallest absolute Gasteiger partial charge is 0.277 e. The standard InChI is InChI=1S/C18H16ClN3O2S/c1-22(2)17(23)15(12-7-4-3-5-8-12)25-18-21-20-16(24-18)13-9-6-10-14(19)11-13/h3-11,15H,1-2H3. The van der Waals surface area contributed by atoms with Crippen LogP contribution in [0.15, 0.2) is 64.2 Å². The summed E-state index contributed by atoms with van der Waals surface area (Å²) in [6, 6.07) is 16.7. The van der Waals surface area contributed by atoms with E-state index in [2.05, 4.69) is 10.2 Å². The Morgan fingerprint density at radius 2 is 1.88 bits per heavy atom. The fourth-order valence-electron chi connectivity index (χ4n) is 2.22. The van der Waals surface area contributed by atoms with Gasteiger partial charge in [-0.3, -0.25) is 4.79 Å². The van der Waals surface area contributed by atoms with Gasteiger partial charge in [0.15, 0.2) is 0 Å². The van der Waals surface area contributed by atoms with Gasteiger partial charge < -0.3 is 9.32 Å². The molecule has 0 saturated carbocycles. The molecule has 1 aromatic heterocycles. The van der Waals surface area contributed by atoms with Crippen LogP contribution >= 0.6 is 23.4 Å². The van der Waals surface area contributed by atoms with Crippen molar-refractivity contribution >= 4 is 29.3 Å². The van der Waals surface area contributed by atoms with Crippen LogP contribution in [0.1, 0.15) is 10.8 Å². The molecule has 1 heterocycles. The molecule has 3 aromatic rings. The van der Waals surface area contributed by atoms with Crippen LogP contribution in [0.4, 0.5) is 0 Å². The van der Waals surface area contributed by atoms with E-state index in [0.29, 0.717) is 16.1 Å². The Labute approximate surface area is 155 Å². The van der Waals surface area contributed by atoms with Gasteiger partial charge in [0.2, 0.25) is 11.8 Å². The lowest BCUT2D eigenvalue weighted by molar-refractivity contribution is -0.128. The van der Waals surface area contributed by atoms with E-state index in [1.165, 1.54) is 11.8 Å². The highest BCUT2D eigenvalue weighted by Crippen LogP contribution is 2.36. The number of halogens is 1. The fourth-order valence-corrected chi connectivity index (χ4v) is 3.43. The van der Waals surface area contributed by atoms with Crippen molar-refractivity contribution in [3.63, 3.8) is 0 Å². The van der Waals surface area contributed by atoms with Crippen LogP contribution in [-0.2, 0) is 4.79 Å². The molecule has 0 bridgehead atoms. The number of aromatic nitrogens is 2. The minimum Gasteiger partial charge on any atom is -0.411 e. The van der Waals surface area contributed by atoms with E-state index in [1.807, 2.05) is 42.5 Å². The van der Waals surface area contributed by atoms with Gasteiger partial charge in [-0.25, -0.2) is 0 Å². The van der Waals surface area contributed by atoms with Crippen LogP contribution in [0.25, 0.3) is 11.5 Å². The van der Waals surface area contributed by atoms with Crippen molar-refractivity contribution in [1.29, 1.82) is 0 Å². The Kier molecular flexibility index (Phi) is 5.40. The van der Waals surface area contributed by atoms with Gasteiger partial charge in [0.1, 0.15) is 5.25 Å². The van der Waals surface area contributed by atoms with Gasteiger partial charge in [0.25, 0.3) is 5.22 Å². The van der Waals surface area contributed by atoms with E-state index < -0.39 is 5.25 Å². The Hall–Kier alpha value is -2.31. The zero-order chi connectivity index (χ0) is 17.8. The van der Waals surface area contributed by atoms with E-state index >= 15 is 0 Å². The van der Waals surface area contributed by atoms with Crippen molar-refractivity contribution in [2.45, 2.75) is 10.5 Å². The molecule has 1 unspecified atom stereocenters. The van der Waals surface area contributed by atoms with Crippen molar-refractivity contribution in [3.05, 3.63) is 65.2 Å². The highest BCUT2D eigenvalue weighted by Gasteiger charge is 2.26. The Morgan fingerprint density at radius 1 is 1.12 bits per heavy atom. The molecule has 25 heavy (non-hydrogen) atoms. The van der Waals surface area contributed by atoms with Gasteiger partial charge in [0.05, 0.1) is 0 Å². The number of rotatable bonds is 5. The van der Waals surface area contributed by atoms with Crippen molar-refractivity contribution in [3.8, 4) is 11.5 Å². The molecule has 5 nitrogen and oxygen atoms in total. The number of nitrogens with zero attached hydrogens (tertiary/aromatic N) is 3. The van der Waals surface area contributed by atoms with E-state index in [4.69, 9.17) is 16.0 Å². The first-order valence-electron chi connectivity index (χ1n) is 7.57. The van der Waals surface area contributed by atoms with Crippen LogP contribution in [0.5, 0.6) is 0 Å². The molecule has 2 aromatic carbocycles. The third-order valence-electron chi connectivity index (χ3n) is 3.46. The zero-order valence-corrected chi connectivity index (χ0v) is 15.3. The first-order valence-corrected chi connectivity index (χ1v) is 8.82. The quantitative estimate of drug-likeness (QED) is 0.623. The van der Waals surface area contributed by atoms with Gasteiger partial charge in [-0.15, -0.1) is 10.2 Å². The van der Waals surface area contributed by atoms with Crippen LogP contribution in [0.2, 0.25) is 5.02 Å². The molecule has 0 fully saturated rings. The van der Waals surface area contributed by atoms with Gasteiger partial charge in [-0.2, -0.15) is 0 Å². The summed E-state index contributed by atoms with van der Waals surface area (Å²) < 4.78 is 5.72. The molecular weight excluding hydrogens is 358 g/mol. The Bertz CT molecular complexity index is 868. The second kappa shape index (κ2) is 7.72. The fraction of sp³-hybridized carbons (Fsp3) is 0.167. The highest BCUT2D eigenvalue weighted by molar-refractivity contribution is 8.00. The number of hydrogen-bond acceptors (Lipinski definition) is 5. The summed E-state index contributed by atoms with van der Waals surface area (Å²) in [5.74, 6) is 0.327. The Morgan fingerprint density at radius 3 is 2.56 bits per heavy atom. The SMILES string of the molecule is CN(C)C(=O)C(Sc1nnc(-c2cccc(Cl)c2)o1)c1ccccc1. The van der Waals surface area contributed by atoms with Crippen molar-refractivity contribution in [1.82, 2.24) is 15.1 Å². The van der Waals surface area contributed by atoms with Crippen LogP contribution < -0.4 is 0 Å². The number of hydrogen-bond donors (Lipinski definition) is 0. The van der Waals surface area contributed by atoms with Crippen molar-refractivity contribution in [2.75, 3.05) is 14.1 Å². The lowest BCUT2D eigenvalue weighted by atomic mass is 10.1. The maximum atomic E-state index is 12.6. The second-order valence-electron chi connectivity index (χ2n) is 5.52. The predicted molar refractivity (Wildman–Crippen MR) is 98.5 cm³/mol. The molecule has 1 atom stereocenters. The minimum atomic E-state index is -0.455. The number of thioether (sulfide) groups is 1. The first kappa shape index (κ1) is 17.5. The number of carbonyl (C=O) groups excluding carboxylic acids is 1. The maximum Gasteiger partial charge on any atom is 0.277 e. The molecule has 7 heteroatoms. The molecule has 0 aliphatic rings. The normalized spacial score (nSPS) is 12.0. The van der Waals surface area contributed by atoms with Gasteiger partial charge >= 0.3 is 0 Å². The molecule has 0 saturated heterocycles. The predicted octanol–water partition coefficient (Wildman–Crippen LogP) is 4.31. The van der Waals surface area contributed by atoms with E-state index in [1.54, 1.807) is 31.1 Å². The summed E-state index contributed by atoms with van der Waals surface area (Å²) >= 11 is 7.23. The molecular formula is C18H16ClN3O2S. The third-order valence-corrected chi connectivity index (χ3v) is 4.78. The van der Waals surface area contributed by atoms with E-state index in [0.717, 1.165) is 11.1 Å². The van der Waals surface area contributed by atoms with Gasteiger partial charge in [-0.05, 0) is 35.5 Å². The minimum absolute atomic E-state index is 0.0429. The third kappa shape index (κ3) is 4.21. The van der Waals surface area contributed by atoms with Crippen molar-refractivity contribution < 1.29 is 9.21 Å². The number of carbonyl (C=O) groups is 1. The summed E-state index contributed by atoms with van der Waals surface area (Å²) in [5.41, 5.74) is 1.62. The average molecular weight is 374 g/mol. The first-order chi connectivity index (χ1) is 12.0. The summed E-state index contributed by atoms with van der Waals surface area (Å²) in [7, 11) is 3.45. The molecule has 0 aliphatic heterocycles. The largest absolute Gasteiger partial charge is 0.411 e. The molecule has 0 aliphatic carbocycles. The number of likely N-dealkylation sites (N-methyl/N-ethyl adjacent to an activating group) is 1. The monoisotopic (exact) mass is 373 g/mol. The maximum absolute atomic E-state index is 12.6. The van der Waals surface area contributed by atoms with Crippen molar-refractivity contribution in [2.24, 2.45) is 0 Å². The summed E-state index contributed by atoms with van der Waals surface area (Å²) in [6.07, 6.45) is 0. The molecule has 3 rings (SSSR count). The Balaban J connectivity index is 1.87. The average Bonchev–Trinajstić information content (AvgIpc) is 3.08. The topological polar surface area (TPSA) is 59.2 Å². The summed E-state index contributed by atoms with van der Waals surface area (Å²) in [6.45, 7) is 0. The highest BCUT2D eigenvalue weighted by atomic mass is 35.5. The summed E-state index contributed by atoms with van der Waals surface area (Å²) in [5, 5.41) is 8.59. The van der Waals surface area contributed by atoms with E-state index in [9.17, 15) is 4.79 Å². The van der Waals surface area contributed by atoms with E-state index in [-0.39, 0.29) is 5.91 Å². The van der Waals surface area contributed by atoms with Crippen LogP contribution in [0, 0.1) is 0 Å². The second-order valence-corrected chi connectivity index (χ2v) is 7.02. The molecule has 0 spiro atoms. The van der Waals surface area contributed by atoms with Gasteiger partial charge in [0, 0.05) is 24.7 Å². The lowest BCUT2D eigenvalue weighted by Gasteiger charge is -2.18. The number of benzene rings is 2. The lowest BCUT2D eigenvalue weighted by Crippen LogP contribution is -2.26. The molecule has 0 N–H and O–H groups in total.